The summed E-state index contributed by atoms with van der Waals surface area (Å²) < 4.78 is 25.6. The van der Waals surface area contributed by atoms with Gasteiger partial charge in [-0.3, -0.25) is 14.9 Å². The highest BCUT2D eigenvalue weighted by atomic mass is 32.1. The Morgan fingerprint density at radius 2 is 1.71 bits per heavy atom. The first-order chi connectivity index (χ1) is 31.7. The summed E-state index contributed by atoms with van der Waals surface area (Å²) in [5, 5.41) is 17.9. The number of piperidine rings is 2. The maximum absolute atomic E-state index is 12.5. The van der Waals surface area contributed by atoms with Crippen LogP contribution >= 0.6 is 11.3 Å². The summed E-state index contributed by atoms with van der Waals surface area (Å²) in [7, 11) is 0. The molecule has 1 unspecified atom stereocenters. The molecule has 3 N–H and O–H groups in total. The number of nitrogen functional groups attached to an aromatic ring is 1. The number of rotatable bonds is 11. The van der Waals surface area contributed by atoms with Crippen molar-refractivity contribution in [3.05, 3.63) is 81.9 Å². The molecule has 0 bridgehead atoms. The van der Waals surface area contributed by atoms with Crippen LogP contribution in [0.2, 0.25) is 0 Å². The first-order valence-corrected chi connectivity index (χ1v) is 24.1. The largest absolute Gasteiger partial charge is 0.490 e. The maximum Gasteiger partial charge on any atom is 0.234 e. The van der Waals surface area contributed by atoms with Crippen molar-refractivity contribution in [1.82, 2.24) is 35.3 Å². The Morgan fingerprint density at radius 3 is 2.48 bits per heavy atom. The van der Waals surface area contributed by atoms with Gasteiger partial charge in [-0.15, -0.1) is 11.3 Å². The summed E-state index contributed by atoms with van der Waals surface area (Å²) in [5.41, 5.74) is 10.4. The minimum absolute atomic E-state index is 0.0523. The number of ether oxygens (including phenoxy) is 3. The molecule has 2 saturated heterocycles. The number of hydrogen-bond donors (Lipinski definition) is 2. The number of aryl methyl sites for hydroxylation is 1. The summed E-state index contributed by atoms with van der Waals surface area (Å²) in [6, 6.07) is 12.0. The normalized spacial score (nSPS) is 23.6. The van der Waals surface area contributed by atoms with Gasteiger partial charge in [0.15, 0.2) is 23.0 Å². The van der Waals surface area contributed by atoms with Crippen LogP contribution in [0.15, 0.2) is 53.6 Å². The molecule has 2 amide bonds. The summed E-state index contributed by atoms with van der Waals surface area (Å²) >= 11 is 1.53. The second-order valence-corrected chi connectivity index (χ2v) is 20.5. The van der Waals surface area contributed by atoms with Crippen molar-refractivity contribution in [1.29, 1.82) is 5.26 Å². The predicted molar refractivity (Wildman–Crippen MR) is 239 cm³/mol. The van der Waals surface area contributed by atoms with Crippen LogP contribution in [0.1, 0.15) is 129 Å². The maximum atomic E-state index is 12.5. The van der Waals surface area contributed by atoms with Crippen LogP contribution in [0.5, 0.6) is 23.3 Å². The zero-order valence-corrected chi connectivity index (χ0v) is 37.3. The van der Waals surface area contributed by atoms with Crippen LogP contribution in [0.25, 0.3) is 11.5 Å². The van der Waals surface area contributed by atoms with Crippen LogP contribution < -0.4 is 25.3 Å². The number of nitrogens with zero attached hydrogens (tertiary/aromatic N) is 7. The van der Waals surface area contributed by atoms with Crippen LogP contribution in [-0.4, -0.2) is 74.2 Å². The molecule has 2 atom stereocenters. The average molecular weight is 896 g/mol. The third-order valence-corrected chi connectivity index (χ3v) is 16.3. The molecule has 4 aliphatic carbocycles. The summed E-state index contributed by atoms with van der Waals surface area (Å²) in [4.78, 5) is 46.0. The van der Waals surface area contributed by atoms with Gasteiger partial charge in [0.1, 0.15) is 23.1 Å². The Kier molecular flexibility index (Phi) is 10.8. The number of imide groups is 1. The second kappa shape index (κ2) is 16.8. The molecule has 4 aromatic heterocycles. The van der Waals surface area contributed by atoms with Crippen molar-refractivity contribution >= 4 is 28.2 Å². The number of aromatic nitrogens is 5. The van der Waals surface area contributed by atoms with E-state index in [-0.39, 0.29) is 29.3 Å². The van der Waals surface area contributed by atoms with Gasteiger partial charge in [-0.2, -0.15) is 15.2 Å². The van der Waals surface area contributed by atoms with E-state index in [1.54, 1.807) is 18.5 Å². The van der Waals surface area contributed by atoms with Crippen molar-refractivity contribution in [2.75, 3.05) is 32.0 Å². The smallest absolute Gasteiger partial charge is 0.234 e. The lowest BCUT2D eigenvalue weighted by Crippen LogP contribution is -2.45. The third kappa shape index (κ3) is 8.11. The van der Waals surface area contributed by atoms with Crippen molar-refractivity contribution in [3.8, 4) is 40.8 Å². The van der Waals surface area contributed by atoms with Gasteiger partial charge in [0, 0.05) is 28.8 Å². The van der Waals surface area contributed by atoms with Gasteiger partial charge in [0.25, 0.3) is 0 Å². The molecule has 5 aromatic rings. The SMILES string of the molecule is N#Cc1c(N)sc2c1[C@@]1(CCC2)CCCc2c(-c3nc(OCC4(CN5CCC6(CCC(Oc7cccc(C8CCC(=O)NC8=O)c7)CC6)CC5)CC4)cc(Oc4cncnc4)n3)noc21. The van der Waals surface area contributed by atoms with Crippen molar-refractivity contribution < 1.29 is 28.3 Å². The van der Waals surface area contributed by atoms with Gasteiger partial charge >= 0.3 is 0 Å². The number of carbonyl (C=O) groups excluding carboxylic acids is 2. The van der Waals surface area contributed by atoms with E-state index in [0.717, 1.165) is 125 Å². The lowest BCUT2D eigenvalue weighted by atomic mass is 9.63. The fourth-order valence-corrected chi connectivity index (χ4v) is 12.7. The van der Waals surface area contributed by atoms with E-state index in [2.05, 4.69) is 31.4 Å². The fraction of sp³-hybridized carbons (Fsp3) is 0.510. The number of fused-ring (bicyclic) bond motifs is 4. The molecule has 6 aliphatic rings. The first kappa shape index (κ1) is 41.8. The lowest BCUT2D eigenvalue weighted by molar-refractivity contribution is -0.134. The second-order valence-electron chi connectivity index (χ2n) is 19.4. The summed E-state index contributed by atoms with van der Waals surface area (Å²) in [6.07, 6.45) is 19.9. The molecular weight excluding hydrogens is 843 g/mol. The Hall–Kier alpha value is -5.92. The molecule has 2 spiro atoms. The first-order valence-electron chi connectivity index (χ1n) is 23.3. The standard InChI is InChI=1S/C49H53N9O6S/c50-24-36-41-37(65-44(36)51)7-3-13-49(41)12-2-6-35-42(57-64-43(35)49)45-55-39(23-40(56-45)63-33-25-52-29-53-26-33)61-28-48(16-17-48)27-58-20-18-47(19-21-58)14-10-31(11-15-47)62-32-5-1-4-30(22-32)34-8-9-38(59)54-46(34)60/h1,4-5,22-23,25-26,29,31,34H,2-3,6-21,27-28,51H2,(H,54,59,60)/t34?,49-/m0/s1. The number of anilines is 1. The van der Waals surface area contributed by atoms with E-state index in [1.807, 2.05) is 24.3 Å². The molecule has 336 valence electrons. The van der Waals surface area contributed by atoms with E-state index in [0.29, 0.717) is 64.5 Å². The molecule has 1 aromatic carbocycles. The molecule has 6 heterocycles. The molecular formula is C49H53N9O6S. The van der Waals surface area contributed by atoms with Crippen molar-refractivity contribution in [3.63, 3.8) is 0 Å². The molecule has 0 radical (unpaired) electrons. The predicted octanol–water partition coefficient (Wildman–Crippen LogP) is 7.97. The van der Waals surface area contributed by atoms with E-state index in [9.17, 15) is 14.9 Å². The van der Waals surface area contributed by atoms with Crippen LogP contribution in [-0.2, 0) is 27.8 Å². The quantitative estimate of drug-likeness (QED) is 0.121. The molecule has 4 fully saturated rings. The zero-order valence-electron chi connectivity index (χ0n) is 36.5. The molecule has 2 aliphatic heterocycles. The Bertz CT molecular complexity index is 2650. The highest BCUT2D eigenvalue weighted by Gasteiger charge is 2.50. The van der Waals surface area contributed by atoms with Crippen LogP contribution in [0.3, 0.4) is 0 Å². The average Bonchev–Trinajstić information content (AvgIpc) is 3.78. The van der Waals surface area contributed by atoms with Gasteiger partial charge < -0.3 is 29.4 Å². The minimum atomic E-state index is -0.462. The van der Waals surface area contributed by atoms with E-state index < -0.39 is 5.41 Å². The Morgan fingerprint density at radius 1 is 0.923 bits per heavy atom. The molecule has 11 rings (SSSR count). The summed E-state index contributed by atoms with van der Waals surface area (Å²) in [5.74, 6) is 2.37. The van der Waals surface area contributed by atoms with E-state index >= 15 is 0 Å². The number of benzene rings is 1. The Balaban J connectivity index is 0.744. The number of thiophene rings is 1. The number of nitriles is 1. The fourth-order valence-electron chi connectivity index (χ4n) is 11.6. The highest BCUT2D eigenvalue weighted by molar-refractivity contribution is 7.16. The highest BCUT2D eigenvalue weighted by Crippen LogP contribution is 2.55. The number of amides is 2. The number of likely N-dealkylation sites (tertiary alicyclic amines) is 1. The van der Waals surface area contributed by atoms with Crippen LogP contribution in [0, 0.1) is 22.2 Å². The van der Waals surface area contributed by atoms with Gasteiger partial charge in [-0.25, -0.2) is 9.97 Å². The van der Waals surface area contributed by atoms with E-state index in [1.165, 1.54) is 35.4 Å². The molecule has 15 nitrogen and oxygen atoms in total. The van der Waals surface area contributed by atoms with Gasteiger partial charge in [-0.1, -0.05) is 17.3 Å². The number of nitrogens with two attached hydrogens (primary N) is 1. The third-order valence-electron chi connectivity index (χ3n) is 15.3. The summed E-state index contributed by atoms with van der Waals surface area (Å²) in [6.45, 7) is 3.66. The monoisotopic (exact) mass is 895 g/mol. The Labute approximate surface area is 381 Å². The number of nitrogens with one attached hydrogen (secondary N) is 1. The van der Waals surface area contributed by atoms with Gasteiger partial charge in [-0.05, 0) is 138 Å². The number of carbonyl (C=O) groups is 2. The van der Waals surface area contributed by atoms with Gasteiger partial charge in [0.2, 0.25) is 23.6 Å². The minimum Gasteiger partial charge on any atom is -0.490 e. The number of hydrogen-bond acceptors (Lipinski definition) is 15. The zero-order chi connectivity index (χ0) is 44.2. The van der Waals surface area contributed by atoms with Crippen molar-refractivity contribution in [2.45, 2.75) is 120 Å². The van der Waals surface area contributed by atoms with E-state index in [4.69, 9.17) is 34.4 Å². The molecule has 2 saturated carbocycles. The lowest BCUT2D eigenvalue weighted by Gasteiger charge is -2.46. The van der Waals surface area contributed by atoms with Crippen molar-refractivity contribution in [2.24, 2.45) is 10.8 Å². The van der Waals surface area contributed by atoms with Crippen LogP contribution in [0.4, 0.5) is 5.00 Å². The topological polar surface area (TPSA) is 204 Å². The molecule has 65 heavy (non-hydrogen) atoms. The molecule has 16 heteroatoms. The van der Waals surface area contributed by atoms with Gasteiger partial charge in [0.05, 0.1) is 48.1 Å².